The van der Waals surface area contributed by atoms with Gasteiger partial charge in [0, 0.05) is 11.1 Å². The third-order valence-corrected chi connectivity index (χ3v) is 4.30. The lowest BCUT2D eigenvalue weighted by Gasteiger charge is -2.10. The molecule has 0 aliphatic heterocycles. The summed E-state index contributed by atoms with van der Waals surface area (Å²) < 4.78 is 29.8. The van der Waals surface area contributed by atoms with Crippen LogP contribution in [-0.2, 0) is 6.61 Å². The number of hydrogen-bond donors (Lipinski definition) is 1. The van der Waals surface area contributed by atoms with Gasteiger partial charge in [0.15, 0.2) is 11.5 Å². The minimum Gasteiger partial charge on any atom is -0.493 e. The van der Waals surface area contributed by atoms with E-state index in [1.165, 1.54) is 25.5 Å². The molecule has 0 aliphatic carbocycles. The van der Waals surface area contributed by atoms with Gasteiger partial charge in [-0.3, -0.25) is 4.79 Å². The number of carbonyl (C=O) groups excluding carboxylic acids is 1. The van der Waals surface area contributed by atoms with E-state index < -0.39 is 5.91 Å². The summed E-state index contributed by atoms with van der Waals surface area (Å²) in [6.07, 6.45) is 1.49. The molecule has 0 spiro atoms. The summed E-state index contributed by atoms with van der Waals surface area (Å²) in [5.74, 6) is 0.888. The topological polar surface area (TPSA) is 69.2 Å². The minimum absolute atomic E-state index is 0.209. The molecule has 7 heteroatoms. The van der Waals surface area contributed by atoms with Crippen molar-refractivity contribution in [3.63, 3.8) is 0 Å². The average Bonchev–Trinajstić information content (AvgIpc) is 2.78. The molecular weight excluding hydrogens is 399 g/mol. The lowest BCUT2D eigenvalue weighted by atomic mass is 10.2. The van der Waals surface area contributed by atoms with Gasteiger partial charge in [0.1, 0.15) is 18.2 Å². The van der Waals surface area contributed by atoms with E-state index >= 15 is 0 Å². The van der Waals surface area contributed by atoms with Gasteiger partial charge in [-0.05, 0) is 55.0 Å². The molecular formula is C24H23FN2O4. The second-order valence-corrected chi connectivity index (χ2v) is 6.45. The molecule has 0 heterocycles. The lowest BCUT2D eigenvalue weighted by molar-refractivity contribution is 0.0954. The maximum Gasteiger partial charge on any atom is 0.271 e. The Kier molecular flexibility index (Phi) is 7.59. The first-order valence-corrected chi connectivity index (χ1v) is 9.71. The number of hydrazone groups is 1. The van der Waals surface area contributed by atoms with Gasteiger partial charge in [-0.25, -0.2) is 9.82 Å². The van der Waals surface area contributed by atoms with Crippen molar-refractivity contribution in [3.05, 3.63) is 89.2 Å². The Morgan fingerprint density at radius 3 is 2.61 bits per heavy atom. The fourth-order valence-corrected chi connectivity index (χ4v) is 2.82. The molecule has 0 saturated heterocycles. The van der Waals surface area contributed by atoms with E-state index in [0.29, 0.717) is 40.5 Å². The van der Waals surface area contributed by atoms with Crippen LogP contribution in [0.3, 0.4) is 0 Å². The fraction of sp³-hybridized carbons (Fsp3) is 0.167. The predicted octanol–water partition coefficient (Wildman–Crippen LogP) is 4.58. The van der Waals surface area contributed by atoms with Crippen LogP contribution in [-0.4, -0.2) is 25.8 Å². The molecule has 3 rings (SSSR count). The Labute approximate surface area is 180 Å². The van der Waals surface area contributed by atoms with Crippen molar-refractivity contribution in [1.82, 2.24) is 5.43 Å². The van der Waals surface area contributed by atoms with Crippen molar-refractivity contribution < 1.29 is 23.4 Å². The van der Waals surface area contributed by atoms with Crippen molar-refractivity contribution in [2.75, 3.05) is 13.7 Å². The number of nitrogens with one attached hydrogen (secondary N) is 1. The van der Waals surface area contributed by atoms with E-state index in [0.717, 1.165) is 0 Å². The summed E-state index contributed by atoms with van der Waals surface area (Å²) in [7, 11) is 1.54. The van der Waals surface area contributed by atoms with Crippen LogP contribution in [0.4, 0.5) is 4.39 Å². The Morgan fingerprint density at radius 2 is 1.84 bits per heavy atom. The van der Waals surface area contributed by atoms with E-state index in [9.17, 15) is 9.18 Å². The second kappa shape index (κ2) is 10.8. The van der Waals surface area contributed by atoms with Crippen LogP contribution in [0.2, 0.25) is 0 Å². The number of rotatable bonds is 9. The van der Waals surface area contributed by atoms with Gasteiger partial charge in [0.25, 0.3) is 5.91 Å². The van der Waals surface area contributed by atoms with Crippen LogP contribution in [0.15, 0.2) is 71.8 Å². The third kappa shape index (κ3) is 6.05. The largest absolute Gasteiger partial charge is 0.493 e. The van der Waals surface area contributed by atoms with Gasteiger partial charge in [-0.2, -0.15) is 5.10 Å². The molecule has 0 saturated carbocycles. The first-order chi connectivity index (χ1) is 15.1. The summed E-state index contributed by atoms with van der Waals surface area (Å²) in [5, 5.41) is 4.03. The van der Waals surface area contributed by atoms with Crippen molar-refractivity contribution in [3.8, 4) is 17.2 Å². The standard InChI is InChI=1S/C24H23FN2O4/c1-3-30-23-14-18(11-12-22(23)29-2)24(28)27-26-15-19-8-4-5-10-21(19)31-16-17-7-6-9-20(25)13-17/h4-15H,3,16H2,1-2H3,(H,27,28)/b26-15+. The Balaban J connectivity index is 1.66. The van der Waals surface area contributed by atoms with E-state index in [4.69, 9.17) is 14.2 Å². The normalized spacial score (nSPS) is 10.7. The fourth-order valence-electron chi connectivity index (χ4n) is 2.82. The van der Waals surface area contributed by atoms with Crippen molar-refractivity contribution in [1.29, 1.82) is 0 Å². The number of nitrogens with zero attached hydrogens (tertiary/aromatic N) is 1. The van der Waals surface area contributed by atoms with Gasteiger partial charge in [0.05, 0.1) is 19.9 Å². The molecule has 3 aromatic carbocycles. The van der Waals surface area contributed by atoms with Crippen molar-refractivity contribution in [2.24, 2.45) is 5.10 Å². The average molecular weight is 422 g/mol. The Bertz CT molecular complexity index is 1070. The molecule has 0 aliphatic rings. The maximum atomic E-state index is 13.3. The van der Waals surface area contributed by atoms with Gasteiger partial charge in [-0.15, -0.1) is 0 Å². The molecule has 160 valence electrons. The highest BCUT2D eigenvalue weighted by molar-refractivity contribution is 5.95. The van der Waals surface area contributed by atoms with Gasteiger partial charge >= 0.3 is 0 Å². The van der Waals surface area contributed by atoms with E-state index in [-0.39, 0.29) is 12.4 Å². The van der Waals surface area contributed by atoms with Crippen LogP contribution in [0, 0.1) is 5.82 Å². The first kappa shape index (κ1) is 21.8. The molecule has 0 atom stereocenters. The van der Waals surface area contributed by atoms with Crippen molar-refractivity contribution in [2.45, 2.75) is 13.5 Å². The number of carbonyl (C=O) groups is 1. The number of halogens is 1. The molecule has 0 aromatic heterocycles. The smallest absolute Gasteiger partial charge is 0.271 e. The predicted molar refractivity (Wildman–Crippen MR) is 116 cm³/mol. The Hall–Kier alpha value is -3.87. The van der Waals surface area contributed by atoms with Gasteiger partial charge in [-0.1, -0.05) is 24.3 Å². The van der Waals surface area contributed by atoms with Gasteiger partial charge in [0.2, 0.25) is 0 Å². The zero-order valence-electron chi connectivity index (χ0n) is 17.3. The number of amides is 1. The quantitative estimate of drug-likeness (QED) is 0.405. The maximum absolute atomic E-state index is 13.3. The molecule has 0 unspecified atom stereocenters. The summed E-state index contributed by atoms with van der Waals surface area (Å²) in [5.41, 5.74) is 4.26. The summed E-state index contributed by atoms with van der Waals surface area (Å²) in [6, 6.07) is 18.3. The molecule has 31 heavy (non-hydrogen) atoms. The van der Waals surface area contributed by atoms with E-state index in [1.807, 2.05) is 19.1 Å². The van der Waals surface area contributed by atoms with Crippen LogP contribution in [0.1, 0.15) is 28.4 Å². The molecule has 6 nitrogen and oxygen atoms in total. The number of para-hydroxylation sites is 1. The molecule has 0 fully saturated rings. The lowest BCUT2D eigenvalue weighted by Crippen LogP contribution is -2.17. The van der Waals surface area contributed by atoms with Crippen molar-refractivity contribution >= 4 is 12.1 Å². The molecule has 0 bridgehead atoms. The highest BCUT2D eigenvalue weighted by atomic mass is 19.1. The SMILES string of the molecule is CCOc1cc(C(=O)N/N=C/c2ccccc2OCc2cccc(F)c2)ccc1OC. The zero-order valence-corrected chi connectivity index (χ0v) is 17.3. The zero-order chi connectivity index (χ0) is 22.1. The number of methoxy groups -OCH3 is 1. The molecule has 3 aromatic rings. The second-order valence-electron chi connectivity index (χ2n) is 6.45. The van der Waals surface area contributed by atoms with Crippen LogP contribution >= 0.6 is 0 Å². The number of benzene rings is 3. The van der Waals surface area contributed by atoms with Gasteiger partial charge < -0.3 is 14.2 Å². The molecule has 1 N–H and O–H groups in total. The van der Waals surface area contributed by atoms with E-state index in [1.54, 1.807) is 42.5 Å². The first-order valence-electron chi connectivity index (χ1n) is 9.71. The van der Waals surface area contributed by atoms with Crippen LogP contribution in [0.5, 0.6) is 17.2 Å². The number of hydrogen-bond acceptors (Lipinski definition) is 5. The van der Waals surface area contributed by atoms with Crippen LogP contribution in [0.25, 0.3) is 0 Å². The molecule has 0 radical (unpaired) electrons. The van der Waals surface area contributed by atoms with Crippen LogP contribution < -0.4 is 19.6 Å². The highest BCUT2D eigenvalue weighted by Gasteiger charge is 2.11. The molecule has 1 amide bonds. The minimum atomic E-state index is -0.391. The van der Waals surface area contributed by atoms with E-state index in [2.05, 4.69) is 10.5 Å². The highest BCUT2D eigenvalue weighted by Crippen LogP contribution is 2.28. The third-order valence-electron chi connectivity index (χ3n) is 4.30. The summed E-state index contributed by atoms with van der Waals surface area (Å²) >= 11 is 0. The summed E-state index contributed by atoms with van der Waals surface area (Å²) in [6.45, 7) is 2.51. The summed E-state index contributed by atoms with van der Waals surface area (Å²) in [4.78, 5) is 12.4. The monoisotopic (exact) mass is 422 g/mol. The Morgan fingerprint density at radius 1 is 1.00 bits per heavy atom. The number of ether oxygens (including phenoxy) is 3.